The van der Waals surface area contributed by atoms with Gasteiger partial charge in [-0.2, -0.15) is 5.26 Å². The van der Waals surface area contributed by atoms with E-state index in [0.717, 1.165) is 21.8 Å². The Morgan fingerprint density at radius 3 is 2.44 bits per heavy atom. The zero-order valence-corrected chi connectivity index (χ0v) is 13.3. The molecule has 0 saturated carbocycles. The maximum absolute atomic E-state index is 11.8. The first kappa shape index (κ1) is 16.1. The average Bonchev–Trinajstić information content (AvgIpc) is 2.64. The van der Waals surface area contributed by atoms with Gasteiger partial charge >= 0.3 is 5.69 Å². The van der Waals surface area contributed by atoms with Gasteiger partial charge in [-0.1, -0.05) is 29.0 Å². The van der Waals surface area contributed by atoms with E-state index in [2.05, 4.69) is 11.4 Å². The summed E-state index contributed by atoms with van der Waals surface area (Å²) in [6, 6.07) is 17.8. The highest BCUT2D eigenvalue weighted by Gasteiger charge is 2.08. The third-order valence-corrected chi connectivity index (χ3v) is 3.78. The van der Waals surface area contributed by atoms with Gasteiger partial charge in [0.1, 0.15) is 5.82 Å². The number of nitrogens with one attached hydrogen (secondary N) is 1. The minimum Gasteiger partial charge on any atom is -0.421 e. The Hall–Kier alpha value is -3.79. The van der Waals surface area contributed by atoms with Crippen LogP contribution in [0.1, 0.15) is 5.56 Å². The fourth-order valence-electron chi connectivity index (χ4n) is 2.40. The van der Waals surface area contributed by atoms with Crippen molar-refractivity contribution in [1.29, 1.82) is 5.26 Å². The molecule has 0 bridgehead atoms. The summed E-state index contributed by atoms with van der Waals surface area (Å²) in [6.07, 6.45) is 0. The molecule has 3 aromatic rings. The van der Waals surface area contributed by atoms with Crippen molar-refractivity contribution in [3.05, 3.63) is 81.0 Å². The smallest absolute Gasteiger partial charge is 0.365 e. The molecule has 0 amide bonds. The fraction of sp³-hybridized carbons (Fsp3) is 0.0556. The van der Waals surface area contributed by atoms with E-state index in [9.17, 15) is 14.8 Å². The summed E-state index contributed by atoms with van der Waals surface area (Å²) >= 11 is 0. The van der Waals surface area contributed by atoms with Gasteiger partial charge in [-0.05, 0) is 35.4 Å². The predicted molar refractivity (Wildman–Crippen MR) is 93.0 cm³/mol. The normalized spacial score (nSPS) is 10.2. The highest BCUT2D eigenvalue weighted by Crippen LogP contribution is 2.24. The van der Waals surface area contributed by atoms with Gasteiger partial charge in [-0.25, -0.2) is 4.79 Å². The lowest BCUT2D eigenvalue weighted by atomic mass is 10.0. The molecule has 0 spiro atoms. The molecule has 7 nitrogen and oxygen atoms in total. The second-order valence-corrected chi connectivity index (χ2v) is 5.42. The molecule has 0 fully saturated rings. The molecule has 2 N–H and O–H groups in total. The molecule has 0 aliphatic heterocycles. The molecule has 1 aromatic heterocycles. The fourth-order valence-corrected chi connectivity index (χ4v) is 2.40. The van der Waals surface area contributed by atoms with Crippen molar-refractivity contribution in [2.45, 2.75) is 0 Å². The molecule has 0 saturated heterocycles. The molecule has 0 unspecified atom stereocenters. The van der Waals surface area contributed by atoms with Crippen LogP contribution in [0.5, 0.6) is 0 Å². The second kappa shape index (κ2) is 6.37. The molecule has 0 aliphatic carbocycles. The standard InChI is InChI=1S/C18H14N4O3/c1-21-16(10-17(23)22(25)18(21)24)20-15-4-2-3-14(9-15)13-7-5-12(11-19)6-8-13/h2-10,20,25H,1H3. The van der Waals surface area contributed by atoms with Crippen molar-refractivity contribution in [3.63, 3.8) is 0 Å². The van der Waals surface area contributed by atoms with Crippen molar-refractivity contribution in [3.8, 4) is 17.2 Å². The highest BCUT2D eigenvalue weighted by molar-refractivity contribution is 5.70. The Morgan fingerprint density at radius 2 is 1.76 bits per heavy atom. The lowest BCUT2D eigenvalue weighted by Crippen LogP contribution is -2.37. The minimum atomic E-state index is -0.835. The van der Waals surface area contributed by atoms with E-state index in [-0.39, 0.29) is 10.5 Å². The van der Waals surface area contributed by atoms with E-state index in [4.69, 9.17) is 5.26 Å². The van der Waals surface area contributed by atoms with E-state index in [1.165, 1.54) is 7.05 Å². The molecule has 124 valence electrons. The van der Waals surface area contributed by atoms with Gasteiger partial charge < -0.3 is 10.5 Å². The van der Waals surface area contributed by atoms with Gasteiger partial charge in [0.05, 0.1) is 11.6 Å². The van der Waals surface area contributed by atoms with Gasteiger partial charge in [-0.3, -0.25) is 9.36 Å². The minimum absolute atomic E-state index is 0.0539. The van der Waals surface area contributed by atoms with Gasteiger partial charge in [0.2, 0.25) is 0 Å². The lowest BCUT2D eigenvalue weighted by Gasteiger charge is -2.12. The molecule has 2 aromatic carbocycles. The Labute approximate surface area is 142 Å². The monoisotopic (exact) mass is 334 g/mol. The summed E-state index contributed by atoms with van der Waals surface area (Å²) in [7, 11) is 1.45. The summed E-state index contributed by atoms with van der Waals surface area (Å²) in [5.74, 6) is 0.261. The van der Waals surface area contributed by atoms with Crippen LogP contribution in [0.4, 0.5) is 11.5 Å². The Balaban J connectivity index is 1.96. The quantitative estimate of drug-likeness (QED) is 0.714. The van der Waals surface area contributed by atoms with Crippen molar-refractivity contribution in [2.24, 2.45) is 7.05 Å². The van der Waals surface area contributed by atoms with Gasteiger partial charge in [0, 0.05) is 18.8 Å². The zero-order valence-electron chi connectivity index (χ0n) is 13.3. The number of rotatable bonds is 3. The first-order chi connectivity index (χ1) is 12.0. The van der Waals surface area contributed by atoms with Gasteiger partial charge in [0.15, 0.2) is 0 Å². The van der Waals surface area contributed by atoms with Crippen LogP contribution >= 0.6 is 0 Å². The van der Waals surface area contributed by atoms with Crippen LogP contribution in [0.15, 0.2) is 64.2 Å². The number of anilines is 2. The molecule has 3 rings (SSSR count). The zero-order chi connectivity index (χ0) is 18.0. The molecule has 0 aliphatic rings. The summed E-state index contributed by atoms with van der Waals surface area (Å²) in [5.41, 5.74) is 1.45. The highest BCUT2D eigenvalue weighted by atomic mass is 16.5. The molecule has 0 radical (unpaired) electrons. The summed E-state index contributed by atoms with van der Waals surface area (Å²) in [4.78, 5) is 23.3. The number of benzene rings is 2. The molecule has 0 atom stereocenters. The van der Waals surface area contributed by atoms with Crippen LogP contribution in [-0.4, -0.2) is 14.5 Å². The summed E-state index contributed by atoms with van der Waals surface area (Å²) < 4.78 is 1.19. The Morgan fingerprint density at radius 1 is 1.04 bits per heavy atom. The van der Waals surface area contributed by atoms with Crippen LogP contribution in [0.2, 0.25) is 0 Å². The van der Waals surface area contributed by atoms with Gasteiger partial charge in [0.25, 0.3) is 5.56 Å². The molecular weight excluding hydrogens is 320 g/mol. The predicted octanol–water partition coefficient (Wildman–Crippen LogP) is 2.07. The number of aromatic nitrogens is 2. The van der Waals surface area contributed by atoms with Crippen LogP contribution in [0.25, 0.3) is 11.1 Å². The molecular formula is C18H14N4O3. The van der Waals surface area contributed by atoms with Crippen molar-refractivity contribution < 1.29 is 5.21 Å². The van der Waals surface area contributed by atoms with E-state index in [1.807, 2.05) is 30.3 Å². The van der Waals surface area contributed by atoms with Crippen LogP contribution in [-0.2, 0) is 7.05 Å². The average molecular weight is 334 g/mol. The summed E-state index contributed by atoms with van der Waals surface area (Å²) in [6.45, 7) is 0. The second-order valence-electron chi connectivity index (χ2n) is 5.42. The van der Waals surface area contributed by atoms with Crippen molar-refractivity contribution in [1.82, 2.24) is 9.30 Å². The topological polar surface area (TPSA) is 100 Å². The van der Waals surface area contributed by atoms with E-state index < -0.39 is 11.2 Å². The molecule has 25 heavy (non-hydrogen) atoms. The van der Waals surface area contributed by atoms with E-state index in [1.54, 1.807) is 18.2 Å². The number of hydrogen-bond donors (Lipinski definition) is 2. The number of nitrogens with zero attached hydrogens (tertiary/aromatic N) is 3. The Bertz CT molecular complexity index is 1090. The van der Waals surface area contributed by atoms with Crippen LogP contribution < -0.4 is 16.6 Å². The van der Waals surface area contributed by atoms with Gasteiger partial charge in [-0.15, -0.1) is 0 Å². The maximum Gasteiger partial charge on any atom is 0.365 e. The van der Waals surface area contributed by atoms with E-state index in [0.29, 0.717) is 11.3 Å². The van der Waals surface area contributed by atoms with Crippen molar-refractivity contribution in [2.75, 3.05) is 5.32 Å². The third kappa shape index (κ3) is 3.14. The first-order valence-electron chi connectivity index (χ1n) is 7.39. The van der Waals surface area contributed by atoms with E-state index >= 15 is 0 Å². The number of nitriles is 1. The van der Waals surface area contributed by atoms with Crippen LogP contribution in [0.3, 0.4) is 0 Å². The largest absolute Gasteiger partial charge is 0.421 e. The first-order valence-corrected chi connectivity index (χ1v) is 7.39. The number of hydrogen-bond acceptors (Lipinski definition) is 5. The maximum atomic E-state index is 11.8. The summed E-state index contributed by atoms with van der Waals surface area (Å²) in [5, 5.41) is 21.2. The third-order valence-electron chi connectivity index (χ3n) is 3.78. The lowest BCUT2D eigenvalue weighted by molar-refractivity contribution is 0.156. The molecule has 1 heterocycles. The molecule has 7 heteroatoms. The van der Waals surface area contributed by atoms with Crippen molar-refractivity contribution >= 4 is 11.5 Å². The SMILES string of the molecule is Cn1c(Nc2cccc(-c3ccc(C#N)cc3)c2)cc(=O)n(O)c1=O. The Kier molecular flexibility index (Phi) is 4.10. The van der Waals surface area contributed by atoms with Crippen LogP contribution in [0, 0.1) is 11.3 Å².